The Bertz CT molecular complexity index is 1150. The van der Waals surface area contributed by atoms with Gasteiger partial charge in [0.1, 0.15) is 17.2 Å². The number of hydrogen-bond donors (Lipinski definition) is 2. The van der Waals surface area contributed by atoms with E-state index >= 15 is 0 Å². The molecule has 0 radical (unpaired) electrons. The monoisotopic (exact) mass is 537 g/mol. The lowest BCUT2D eigenvalue weighted by molar-refractivity contribution is -0.786. The maximum absolute atomic E-state index is 12.2. The molecule has 0 unspecified atom stereocenters. The fraction of sp³-hybridized carbons (Fsp3) is 0.355. The van der Waals surface area contributed by atoms with Crippen molar-refractivity contribution in [2.45, 2.75) is 44.9 Å². The number of hydrogen-bond acceptors (Lipinski definition) is 4. The Labute approximate surface area is 230 Å². The van der Waals surface area contributed by atoms with Gasteiger partial charge in [0, 0.05) is 6.54 Å². The summed E-state index contributed by atoms with van der Waals surface area (Å²) in [6.07, 6.45) is 6.91. The van der Waals surface area contributed by atoms with Gasteiger partial charge in [-0.1, -0.05) is 61.5 Å². The first-order valence-electron chi connectivity index (χ1n) is 13.3. The van der Waals surface area contributed by atoms with Gasteiger partial charge in [-0.05, 0) is 66.9 Å². The molecule has 0 saturated heterocycles. The van der Waals surface area contributed by atoms with Crippen LogP contribution in [0.2, 0.25) is 5.02 Å². The first-order valence-corrected chi connectivity index (χ1v) is 13.7. The number of rotatable bonds is 15. The zero-order valence-corrected chi connectivity index (χ0v) is 23.1. The third-order valence-corrected chi connectivity index (χ3v) is 6.52. The smallest absolute Gasteiger partial charge is 0.345 e. The second kappa shape index (κ2) is 15.8. The minimum atomic E-state index is -0.488. The second-order valence-electron chi connectivity index (χ2n) is 9.53. The Morgan fingerprint density at radius 1 is 0.789 bits per heavy atom. The van der Waals surface area contributed by atoms with Crippen LogP contribution in [0, 0.1) is 0 Å². The highest BCUT2D eigenvalue weighted by atomic mass is 35.5. The Balaban J connectivity index is 1.19. The second-order valence-corrected chi connectivity index (χ2v) is 9.94. The third-order valence-electron chi connectivity index (χ3n) is 6.19. The average molecular weight is 538 g/mol. The molecule has 7 heteroatoms. The van der Waals surface area contributed by atoms with Gasteiger partial charge in [-0.2, -0.15) is 0 Å². The maximum atomic E-state index is 12.2. The molecule has 6 nitrogen and oxygen atoms in total. The van der Waals surface area contributed by atoms with Gasteiger partial charge in [0.15, 0.2) is 0 Å². The van der Waals surface area contributed by atoms with E-state index in [4.69, 9.17) is 21.1 Å². The SMILES string of the molecule is C[NH+](C)c1ccc(CC(=O)NCCCCCCCCOc2ccc(OC(=O)c3ccccc3Cl)cc2)cc1. The number of amides is 1. The van der Waals surface area contributed by atoms with E-state index in [0.29, 0.717) is 29.4 Å². The quantitative estimate of drug-likeness (QED) is 0.154. The molecule has 0 saturated carbocycles. The zero-order chi connectivity index (χ0) is 27.2. The van der Waals surface area contributed by atoms with Crippen molar-refractivity contribution in [2.24, 2.45) is 0 Å². The summed E-state index contributed by atoms with van der Waals surface area (Å²) in [4.78, 5) is 25.7. The lowest BCUT2D eigenvalue weighted by Crippen LogP contribution is -3.00. The van der Waals surface area contributed by atoms with E-state index in [9.17, 15) is 9.59 Å². The van der Waals surface area contributed by atoms with Crippen molar-refractivity contribution in [1.29, 1.82) is 0 Å². The molecule has 202 valence electrons. The molecule has 0 aliphatic rings. The molecule has 3 rings (SSSR count). The Kier molecular flexibility index (Phi) is 12.1. The van der Waals surface area contributed by atoms with Crippen LogP contribution >= 0.6 is 11.6 Å². The molecule has 0 bridgehead atoms. The van der Waals surface area contributed by atoms with E-state index in [2.05, 4.69) is 31.5 Å². The van der Waals surface area contributed by atoms with Gasteiger partial charge in [0.05, 0.1) is 37.7 Å². The van der Waals surface area contributed by atoms with E-state index < -0.39 is 5.97 Å². The van der Waals surface area contributed by atoms with Crippen molar-refractivity contribution in [2.75, 3.05) is 27.2 Å². The molecular formula is C31H38ClN2O4+. The van der Waals surface area contributed by atoms with Crippen molar-refractivity contribution >= 4 is 29.2 Å². The number of quaternary nitrogens is 1. The fourth-order valence-electron chi connectivity index (χ4n) is 3.95. The maximum Gasteiger partial charge on any atom is 0.345 e. The number of nitrogens with one attached hydrogen (secondary N) is 2. The van der Waals surface area contributed by atoms with Crippen LogP contribution in [0.3, 0.4) is 0 Å². The van der Waals surface area contributed by atoms with Gasteiger partial charge < -0.3 is 19.7 Å². The summed E-state index contributed by atoms with van der Waals surface area (Å²) >= 11 is 6.05. The fourth-order valence-corrected chi connectivity index (χ4v) is 4.16. The summed E-state index contributed by atoms with van der Waals surface area (Å²) in [5.41, 5.74) is 2.59. The Hall–Kier alpha value is -3.35. The first-order chi connectivity index (χ1) is 18.4. The van der Waals surface area contributed by atoms with Crippen molar-refractivity contribution in [3.05, 3.63) is 88.9 Å². The molecular weight excluding hydrogens is 500 g/mol. The number of carbonyl (C=O) groups excluding carboxylic acids is 2. The van der Waals surface area contributed by atoms with Crippen LogP contribution in [0.4, 0.5) is 5.69 Å². The molecule has 0 atom stereocenters. The van der Waals surface area contributed by atoms with Crippen LogP contribution in [-0.4, -0.2) is 39.1 Å². The molecule has 0 fully saturated rings. The normalized spacial score (nSPS) is 10.8. The average Bonchev–Trinajstić information content (AvgIpc) is 2.91. The van der Waals surface area contributed by atoms with E-state index in [1.165, 1.54) is 10.6 Å². The first kappa shape index (κ1) is 29.2. The van der Waals surface area contributed by atoms with Crippen LogP contribution in [0.1, 0.15) is 54.4 Å². The predicted molar refractivity (Wildman–Crippen MR) is 152 cm³/mol. The largest absolute Gasteiger partial charge is 0.494 e. The van der Waals surface area contributed by atoms with E-state index in [-0.39, 0.29) is 5.91 Å². The van der Waals surface area contributed by atoms with Crippen LogP contribution in [0.5, 0.6) is 11.5 Å². The minimum Gasteiger partial charge on any atom is -0.494 e. The van der Waals surface area contributed by atoms with Crippen molar-refractivity contribution in [1.82, 2.24) is 5.32 Å². The summed E-state index contributed by atoms with van der Waals surface area (Å²) in [5, 5.41) is 3.39. The minimum absolute atomic E-state index is 0.0823. The van der Waals surface area contributed by atoms with Crippen LogP contribution in [0.25, 0.3) is 0 Å². The molecule has 0 aliphatic carbocycles. The van der Waals surface area contributed by atoms with E-state index in [1.807, 2.05) is 12.1 Å². The highest BCUT2D eigenvalue weighted by Gasteiger charge is 2.12. The van der Waals surface area contributed by atoms with Crippen LogP contribution in [-0.2, 0) is 11.2 Å². The van der Waals surface area contributed by atoms with Gasteiger partial charge >= 0.3 is 5.97 Å². The van der Waals surface area contributed by atoms with Gasteiger partial charge in [-0.25, -0.2) is 4.79 Å². The number of esters is 1. The van der Waals surface area contributed by atoms with Crippen molar-refractivity contribution in [3.8, 4) is 11.5 Å². The summed E-state index contributed by atoms with van der Waals surface area (Å²) in [7, 11) is 4.17. The summed E-state index contributed by atoms with van der Waals surface area (Å²) < 4.78 is 11.2. The number of unbranched alkanes of at least 4 members (excludes halogenated alkanes) is 5. The molecule has 0 spiro atoms. The molecule has 2 N–H and O–H groups in total. The molecule has 3 aromatic carbocycles. The summed E-state index contributed by atoms with van der Waals surface area (Å²) in [6.45, 7) is 1.37. The molecule has 3 aromatic rings. The predicted octanol–water partition coefficient (Wildman–Crippen LogP) is 5.41. The molecule has 0 heterocycles. The number of benzene rings is 3. The number of halogens is 1. The van der Waals surface area contributed by atoms with E-state index in [0.717, 1.165) is 56.4 Å². The topological polar surface area (TPSA) is 69.1 Å². The highest BCUT2D eigenvalue weighted by Crippen LogP contribution is 2.21. The molecule has 0 aliphatic heterocycles. The van der Waals surface area contributed by atoms with Crippen LogP contribution in [0.15, 0.2) is 72.8 Å². The Morgan fingerprint density at radius 2 is 1.42 bits per heavy atom. The van der Waals surface area contributed by atoms with E-state index in [1.54, 1.807) is 48.5 Å². The standard InChI is InChI=1S/C31H37ClN2O4/c1-34(2)25-15-13-24(14-16-25)23-30(35)33-21-9-5-3-4-6-10-22-37-26-17-19-27(20-18-26)38-31(36)28-11-7-8-12-29(28)32/h7-8,11-20H,3-6,9-10,21-23H2,1-2H3,(H,33,35)/p+1. The van der Waals surface area contributed by atoms with Gasteiger partial charge in [0.2, 0.25) is 5.91 Å². The number of ether oxygens (including phenoxy) is 2. The molecule has 1 amide bonds. The lowest BCUT2D eigenvalue weighted by Gasteiger charge is -2.09. The van der Waals surface area contributed by atoms with Crippen LogP contribution < -0.4 is 19.7 Å². The molecule has 0 aromatic heterocycles. The zero-order valence-electron chi connectivity index (χ0n) is 22.3. The van der Waals surface area contributed by atoms with Gasteiger partial charge in [-0.15, -0.1) is 0 Å². The number of carbonyl (C=O) groups is 2. The highest BCUT2D eigenvalue weighted by molar-refractivity contribution is 6.33. The summed E-state index contributed by atoms with van der Waals surface area (Å²) in [5.74, 6) is 0.781. The molecule has 38 heavy (non-hydrogen) atoms. The van der Waals surface area contributed by atoms with Gasteiger partial charge in [-0.3, -0.25) is 4.79 Å². The van der Waals surface area contributed by atoms with Gasteiger partial charge in [0.25, 0.3) is 0 Å². The lowest BCUT2D eigenvalue weighted by atomic mass is 10.1. The van der Waals surface area contributed by atoms with Crippen molar-refractivity contribution < 1.29 is 24.0 Å². The Morgan fingerprint density at radius 3 is 2.11 bits per heavy atom. The van der Waals surface area contributed by atoms with Crippen molar-refractivity contribution in [3.63, 3.8) is 0 Å². The third kappa shape index (κ3) is 10.2. The summed E-state index contributed by atoms with van der Waals surface area (Å²) in [6, 6.07) is 22.0.